The second-order valence-corrected chi connectivity index (χ2v) is 26.2. The molecule has 0 aromatic carbocycles. The summed E-state index contributed by atoms with van der Waals surface area (Å²) in [5.74, 6) is 2.89. The Labute approximate surface area is 120 Å². The zero-order chi connectivity index (χ0) is 14.8. The second-order valence-electron chi connectivity index (χ2n) is 9.62. The Hall–Kier alpha value is 0.456. The molecule has 0 unspecified atom stereocenters. The maximum Gasteiger partial charge on any atom is 0.164 e. The Morgan fingerprint density at radius 1 is 0.722 bits per heavy atom. The Morgan fingerprint density at radius 3 is 1.28 bits per heavy atom. The van der Waals surface area contributed by atoms with Crippen LogP contribution in [0.1, 0.15) is 0 Å². The third-order valence-electron chi connectivity index (χ3n) is 3.05. The van der Waals surface area contributed by atoms with Crippen LogP contribution in [0.15, 0.2) is 12.1 Å². The highest BCUT2D eigenvalue weighted by Crippen LogP contribution is 2.27. The van der Waals surface area contributed by atoms with Crippen LogP contribution in [0.5, 0.6) is 0 Å². The molecule has 106 valence electrons. The number of allylic oxidation sites excluding steroid dienone is 1. The molecule has 0 saturated carbocycles. The highest BCUT2D eigenvalue weighted by Gasteiger charge is 2.31. The van der Waals surface area contributed by atoms with Gasteiger partial charge < -0.3 is 0 Å². The molecule has 0 spiro atoms. The molecule has 4 heteroatoms. The Bertz CT molecular complexity index is 263. The molecule has 0 radical (unpaired) electrons. The van der Waals surface area contributed by atoms with Crippen molar-refractivity contribution >= 4 is 30.9 Å². The van der Waals surface area contributed by atoms with Gasteiger partial charge in [-0.2, -0.15) is 0 Å². The van der Waals surface area contributed by atoms with Gasteiger partial charge in [-0.15, -0.1) is 12.1 Å². The van der Waals surface area contributed by atoms with Crippen molar-refractivity contribution in [2.24, 2.45) is 0 Å². The highest BCUT2D eigenvalue weighted by molar-refractivity contribution is 6.97. The fourth-order valence-electron chi connectivity index (χ4n) is 2.66. The summed E-state index contributed by atoms with van der Waals surface area (Å²) in [5, 5.41) is 0. The Kier molecular flexibility index (Phi) is 6.43. The fourth-order valence-corrected chi connectivity index (χ4v) is 8.43. The summed E-state index contributed by atoms with van der Waals surface area (Å²) in [6, 6.07) is 1.33. The van der Waals surface area contributed by atoms with Crippen molar-refractivity contribution in [1.29, 1.82) is 0 Å². The van der Waals surface area contributed by atoms with Gasteiger partial charge in [-0.25, -0.2) is 0 Å². The van der Waals surface area contributed by atoms with Crippen LogP contribution in [0.3, 0.4) is 0 Å². The summed E-state index contributed by atoms with van der Waals surface area (Å²) in [6.45, 7) is 27.8. The molecular weight excluding hydrogens is 263 g/mol. The number of rotatable bonds is 7. The van der Waals surface area contributed by atoms with Crippen molar-refractivity contribution in [2.45, 2.75) is 76.9 Å². The number of hydrogen-bond acceptors (Lipinski definition) is 0. The van der Waals surface area contributed by atoms with E-state index >= 15 is 0 Å². The minimum absolute atomic E-state index is 0.815. The molecule has 0 aliphatic heterocycles. The van der Waals surface area contributed by atoms with Crippen LogP contribution in [0.4, 0.5) is 0 Å². The van der Waals surface area contributed by atoms with Crippen molar-refractivity contribution in [3.8, 4) is 0 Å². The van der Waals surface area contributed by atoms with E-state index < -0.39 is 24.2 Å². The van der Waals surface area contributed by atoms with Gasteiger partial charge in [-0.1, -0.05) is 70.8 Å². The maximum absolute atomic E-state index is 4.49. The molecule has 18 heavy (non-hydrogen) atoms. The van der Waals surface area contributed by atoms with E-state index in [-0.39, 0.29) is 0 Å². The number of hydrogen-bond donors (Lipinski definition) is 0. The van der Waals surface area contributed by atoms with Crippen LogP contribution in [0, 0.1) is 0 Å². The predicted octanol–water partition coefficient (Wildman–Crippen LogP) is 5.67. The molecule has 0 N–H and O–H groups in total. The monoisotopic (exact) mass is 298 g/mol. The standard InChI is InChI=1S/C14H35BSi3/c1-14(11-16(2,3)4)15(12-17(5,6)7)13-18(8,9)10/h1,11-13H2,2-10H3. The molecule has 0 fully saturated rings. The molecule has 0 aliphatic carbocycles. The van der Waals surface area contributed by atoms with E-state index in [1.165, 1.54) is 17.9 Å². The summed E-state index contributed by atoms with van der Waals surface area (Å²) in [5.41, 5.74) is 1.58. The van der Waals surface area contributed by atoms with Crippen LogP contribution in [0.2, 0.25) is 76.9 Å². The van der Waals surface area contributed by atoms with Gasteiger partial charge >= 0.3 is 0 Å². The molecule has 0 nitrogen and oxygen atoms in total. The Morgan fingerprint density at radius 2 is 1.06 bits per heavy atom. The quantitative estimate of drug-likeness (QED) is 0.531. The average Bonchev–Trinajstić information content (AvgIpc) is 1.93. The average molecular weight is 299 g/mol. The molecule has 0 aromatic heterocycles. The van der Waals surface area contributed by atoms with Gasteiger partial charge in [-0.05, 0) is 6.04 Å². The molecule has 0 aromatic rings. The summed E-state index contributed by atoms with van der Waals surface area (Å²) >= 11 is 0. The van der Waals surface area contributed by atoms with Gasteiger partial charge in [0.15, 0.2) is 6.71 Å². The van der Waals surface area contributed by atoms with Crippen LogP contribution in [-0.4, -0.2) is 30.9 Å². The van der Waals surface area contributed by atoms with Crippen molar-refractivity contribution in [3.05, 3.63) is 12.1 Å². The second kappa shape index (κ2) is 6.27. The molecular formula is C14H35BSi3. The fraction of sp³-hybridized carbons (Fsp3) is 0.857. The first-order chi connectivity index (χ1) is 7.70. The van der Waals surface area contributed by atoms with E-state index in [9.17, 15) is 0 Å². The van der Waals surface area contributed by atoms with Gasteiger partial charge in [0.25, 0.3) is 0 Å². The van der Waals surface area contributed by atoms with Crippen molar-refractivity contribution in [1.82, 2.24) is 0 Å². The third kappa shape index (κ3) is 10.4. The molecule has 0 aliphatic rings. The molecule has 0 atom stereocenters. The lowest BCUT2D eigenvalue weighted by Gasteiger charge is -2.30. The minimum atomic E-state index is -1.00. The summed E-state index contributed by atoms with van der Waals surface area (Å²) in [4.78, 5) is 0. The third-order valence-corrected chi connectivity index (χ3v) is 8.00. The van der Waals surface area contributed by atoms with Crippen molar-refractivity contribution in [3.63, 3.8) is 0 Å². The van der Waals surface area contributed by atoms with E-state index in [0.29, 0.717) is 0 Å². The summed E-state index contributed by atoms with van der Waals surface area (Å²) in [7, 11) is -2.97. The summed E-state index contributed by atoms with van der Waals surface area (Å²) < 4.78 is 0. The van der Waals surface area contributed by atoms with E-state index in [1.54, 1.807) is 5.47 Å². The normalized spacial score (nSPS) is 13.6. The lowest BCUT2D eigenvalue weighted by Crippen LogP contribution is -2.39. The molecule has 0 amide bonds. The van der Waals surface area contributed by atoms with Gasteiger partial charge in [0, 0.05) is 24.2 Å². The lowest BCUT2D eigenvalue weighted by atomic mass is 9.48. The SMILES string of the molecule is C=C(C[Si](C)(C)C)B(C[Si](C)(C)C)C[Si](C)(C)C. The van der Waals surface area contributed by atoms with Crippen molar-refractivity contribution < 1.29 is 0 Å². The lowest BCUT2D eigenvalue weighted by molar-refractivity contribution is 1.42. The molecule has 0 heterocycles. The zero-order valence-corrected chi connectivity index (χ0v) is 17.4. The topological polar surface area (TPSA) is 0 Å². The van der Waals surface area contributed by atoms with Gasteiger partial charge in [0.05, 0.1) is 0 Å². The zero-order valence-electron chi connectivity index (χ0n) is 14.4. The summed E-state index contributed by atoms with van der Waals surface area (Å²) in [6.07, 6.45) is 0. The van der Waals surface area contributed by atoms with Crippen LogP contribution >= 0.6 is 0 Å². The van der Waals surface area contributed by atoms with Gasteiger partial charge in [0.1, 0.15) is 0 Å². The maximum atomic E-state index is 4.49. The first-order valence-electron chi connectivity index (χ1n) is 7.37. The molecule has 0 saturated heterocycles. The molecule has 0 bridgehead atoms. The van der Waals surface area contributed by atoms with E-state index in [4.69, 9.17) is 0 Å². The van der Waals surface area contributed by atoms with Gasteiger partial charge in [-0.3, -0.25) is 0 Å². The predicted molar refractivity (Wildman–Crippen MR) is 99.4 cm³/mol. The largest absolute Gasteiger partial charge is 0.164 e. The highest BCUT2D eigenvalue weighted by atomic mass is 28.3. The van der Waals surface area contributed by atoms with E-state index in [2.05, 4.69) is 65.5 Å². The molecule has 0 rings (SSSR count). The van der Waals surface area contributed by atoms with E-state index in [0.717, 1.165) is 6.71 Å². The first kappa shape index (κ1) is 18.5. The van der Waals surface area contributed by atoms with E-state index in [1.807, 2.05) is 0 Å². The smallest absolute Gasteiger partial charge is 0.111 e. The van der Waals surface area contributed by atoms with Crippen LogP contribution in [0.25, 0.3) is 0 Å². The minimum Gasteiger partial charge on any atom is -0.111 e. The van der Waals surface area contributed by atoms with Crippen molar-refractivity contribution in [2.75, 3.05) is 0 Å². The van der Waals surface area contributed by atoms with Gasteiger partial charge in [0.2, 0.25) is 0 Å². The van der Waals surface area contributed by atoms with Crippen LogP contribution in [-0.2, 0) is 0 Å². The first-order valence-corrected chi connectivity index (χ1v) is 18.5. The Balaban J connectivity index is 4.82. The van der Waals surface area contributed by atoms with Crippen LogP contribution < -0.4 is 0 Å².